The minimum absolute atomic E-state index is 0.0582. The Morgan fingerprint density at radius 3 is 2.37 bits per heavy atom. The average Bonchev–Trinajstić information content (AvgIpc) is 2.66. The van der Waals surface area contributed by atoms with Gasteiger partial charge in [0.2, 0.25) is 5.91 Å². The van der Waals surface area contributed by atoms with Crippen LogP contribution in [0.2, 0.25) is 5.02 Å². The summed E-state index contributed by atoms with van der Waals surface area (Å²) in [5.74, 6) is -0.265. The minimum atomic E-state index is -0.206. The molecule has 0 saturated heterocycles. The molecule has 0 spiro atoms. The molecular weight excluding hydrogens is 362 g/mol. The van der Waals surface area contributed by atoms with Crippen molar-refractivity contribution in [2.45, 2.75) is 19.4 Å². The largest absolute Gasteiger partial charge is 0.356 e. The van der Waals surface area contributed by atoms with E-state index in [0.29, 0.717) is 23.7 Å². The Balaban J connectivity index is 1.54. The first-order chi connectivity index (χ1) is 13.0. The SMILES string of the molecule is CN(CCCNC(=O)CCNC(=O)c1ccc(Cl)cc1)Cc1ccccc1. The molecule has 27 heavy (non-hydrogen) atoms. The zero-order valence-electron chi connectivity index (χ0n) is 15.6. The van der Waals surface area contributed by atoms with Crippen molar-refractivity contribution in [1.82, 2.24) is 15.5 Å². The van der Waals surface area contributed by atoms with Crippen LogP contribution in [0.5, 0.6) is 0 Å². The highest BCUT2D eigenvalue weighted by Crippen LogP contribution is 2.09. The van der Waals surface area contributed by atoms with Gasteiger partial charge in [-0.15, -0.1) is 0 Å². The number of nitrogens with zero attached hydrogens (tertiary/aromatic N) is 1. The van der Waals surface area contributed by atoms with Crippen molar-refractivity contribution in [3.05, 3.63) is 70.7 Å². The highest BCUT2D eigenvalue weighted by atomic mass is 35.5. The number of halogens is 1. The molecule has 0 atom stereocenters. The number of rotatable bonds is 10. The number of carbonyl (C=O) groups is 2. The fraction of sp³-hybridized carbons (Fsp3) is 0.333. The first-order valence-corrected chi connectivity index (χ1v) is 9.45. The Bertz CT molecular complexity index is 720. The number of hydrogen-bond donors (Lipinski definition) is 2. The molecular formula is C21H26ClN3O2. The van der Waals surface area contributed by atoms with Gasteiger partial charge in [-0.05, 0) is 49.8 Å². The molecule has 0 heterocycles. The predicted molar refractivity (Wildman–Crippen MR) is 109 cm³/mol. The highest BCUT2D eigenvalue weighted by Gasteiger charge is 2.07. The van der Waals surface area contributed by atoms with Crippen LogP contribution in [-0.4, -0.2) is 43.4 Å². The summed E-state index contributed by atoms with van der Waals surface area (Å²) < 4.78 is 0. The third-order valence-electron chi connectivity index (χ3n) is 4.08. The van der Waals surface area contributed by atoms with Crippen LogP contribution in [0, 0.1) is 0 Å². The average molecular weight is 388 g/mol. The maximum absolute atomic E-state index is 11.9. The summed E-state index contributed by atoms with van der Waals surface area (Å²) >= 11 is 5.79. The van der Waals surface area contributed by atoms with E-state index in [1.54, 1.807) is 24.3 Å². The summed E-state index contributed by atoms with van der Waals surface area (Å²) in [6.45, 7) is 2.73. The van der Waals surface area contributed by atoms with Gasteiger partial charge in [-0.3, -0.25) is 9.59 Å². The fourth-order valence-corrected chi connectivity index (χ4v) is 2.76. The van der Waals surface area contributed by atoms with Crippen LogP contribution in [0.3, 0.4) is 0 Å². The number of carbonyl (C=O) groups excluding carboxylic acids is 2. The topological polar surface area (TPSA) is 61.4 Å². The van der Waals surface area contributed by atoms with Crippen LogP contribution in [0.25, 0.3) is 0 Å². The summed E-state index contributed by atoms with van der Waals surface area (Å²) in [6, 6.07) is 16.9. The Morgan fingerprint density at radius 2 is 1.67 bits per heavy atom. The van der Waals surface area contributed by atoms with Crippen molar-refractivity contribution in [2.24, 2.45) is 0 Å². The number of hydrogen-bond acceptors (Lipinski definition) is 3. The number of nitrogens with one attached hydrogen (secondary N) is 2. The Kier molecular flexibility index (Phi) is 8.81. The van der Waals surface area contributed by atoms with Gasteiger partial charge < -0.3 is 15.5 Å². The molecule has 0 aliphatic rings. The van der Waals surface area contributed by atoms with Crippen LogP contribution in [0.4, 0.5) is 0 Å². The lowest BCUT2D eigenvalue weighted by molar-refractivity contribution is -0.120. The van der Waals surface area contributed by atoms with E-state index in [4.69, 9.17) is 11.6 Å². The van der Waals surface area contributed by atoms with E-state index in [1.807, 2.05) is 18.2 Å². The molecule has 5 nitrogen and oxygen atoms in total. The monoisotopic (exact) mass is 387 g/mol. The van der Waals surface area contributed by atoms with Crippen LogP contribution >= 0.6 is 11.6 Å². The highest BCUT2D eigenvalue weighted by molar-refractivity contribution is 6.30. The van der Waals surface area contributed by atoms with Crippen LogP contribution in [-0.2, 0) is 11.3 Å². The van der Waals surface area contributed by atoms with E-state index >= 15 is 0 Å². The zero-order valence-corrected chi connectivity index (χ0v) is 16.3. The first-order valence-electron chi connectivity index (χ1n) is 9.07. The molecule has 2 rings (SSSR count). The van der Waals surface area contributed by atoms with E-state index in [2.05, 4.69) is 34.7 Å². The van der Waals surface area contributed by atoms with Gasteiger partial charge in [0.15, 0.2) is 0 Å². The van der Waals surface area contributed by atoms with Crippen molar-refractivity contribution in [2.75, 3.05) is 26.7 Å². The quantitative estimate of drug-likeness (QED) is 0.616. The summed E-state index contributed by atoms with van der Waals surface area (Å²) in [4.78, 5) is 26.0. The van der Waals surface area contributed by atoms with Crippen LogP contribution in [0.1, 0.15) is 28.8 Å². The summed E-state index contributed by atoms with van der Waals surface area (Å²) in [6.07, 6.45) is 1.14. The van der Waals surface area contributed by atoms with Gasteiger partial charge in [0.05, 0.1) is 0 Å². The summed E-state index contributed by atoms with van der Waals surface area (Å²) in [7, 11) is 2.07. The summed E-state index contributed by atoms with van der Waals surface area (Å²) in [5, 5.41) is 6.21. The van der Waals surface area contributed by atoms with Gasteiger partial charge in [-0.1, -0.05) is 41.9 Å². The lowest BCUT2D eigenvalue weighted by Gasteiger charge is -2.16. The molecule has 2 N–H and O–H groups in total. The van der Waals surface area contributed by atoms with E-state index < -0.39 is 0 Å². The Hall–Kier alpha value is -2.37. The van der Waals surface area contributed by atoms with Crippen molar-refractivity contribution in [1.29, 1.82) is 0 Å². The second-order valence-corrected chi connectivity index (χ2v) is 6.88. The normalized spacial score (nSPS) is 10.6. The Morgan fingerprint density at radius 1 is 0.963 bits per heavy atom. The fourth-order valence-electron chi connectivity index (χ4n) is 2.63. The molecule has 2 aromatic rings. The number of amides is 2. The summed E-state index contributed by atoms with van der Waals surface area (Å²) in [5.41, 5.74) is 1.81. The predicted octanol–water partition coefficient (Wildman–Crippen LogP) is 3.10. The van der Waals surface area contributed by atoms with Gasteiger partial charge in [0.1, 0.15) is 0 Å². The maximum atomic E-state index is 11.9. The van der Waals surface area contributed by atoms with Gasteiger partial charge in [-0.25, -0.2) is 0 Å². The Labute approximate surface area is 165 Å². The molecule has 0 unspecified atom stereocenters. The second-order valence-electron chi connectivity index (χ2n) is 6.44. The van der Waals surface area contributed by atoms with E-state index in [-0.39, 0.29) is 18.2 Å². The first kappa shape index (κ1) is 20.9. The molecule has 0 fully saturated rings. The van der Waals surface area contributed by atoms with Crippen molar-refractivity contribution >= 4 is 23.4 Å². The van der Waals surface area contributed by atoms with Gasteiger partial charge in [-0.2, -0.15) is 0 Å². The third-order valence-corrected chi connectivity index (χ3v) is 4.33. The van der Waals surface area contributed by atoms with Gasteiger partial charge in [0, 0.05) is 36.6 Å². The third kappa shape index (κ3) is 8.24. The molecule has 0 radical (unpaired) electrons. The van der Waals surface area contributed by atoms with Gasteiger partial charge in [0.25, 0.3) is 5.91 Å². The molecule has 144 valence electrons. The van der Waals surface area contributed by atoms with Crippen LogP contribution in [0.15, 0.2) is 54.6 Å². The van der Waals surface area contributed by atoms with Crippen molar-refractivity contribution in [3.63, 3.8) is 0 Å². The molecule has 0 saturated carbocycles. The van der Waals surface area contributed by atoms with E-state index in [9.17, 15) is 9.59 Å². The lowest BCUT2D eigenvalue weighted by atomic mass is 10.2. The molecule has 2 amide bonds. The van der Waals surface area contributed by atoms with Crippen LogP contribution < -0.4 is 10.6 Å². The minimum Gasteiger partial charge on any atom is -0.356 e. The molecule has 0 aromatic heterocycles. The molecule has 0 bridgehead atoms. The smallest absolute Gasteiger partial charge is 0.251 e. The van der Waals surface area contributed by atoms with E-state index in [0.717, 1.165) is 19.5 Å². The van der Waals surface area contributed by atoms with Gasteiger partial charge >= 0.3 is 0 Å². The van der Waals surface area contributed by atoms with Crippen molar-refractivity contribution in [3.8, 4) is 0 Å². The second kappa shape index (κ2) is 11.4. The molecule has 2 aromatic carbocycles. The molecule has 0 aliphatic heterocycles. The standard InChI is InChI=1S/C21H26ClN3O2/c1-25(16-17-6-3-2-4-7-17)15-5-13-23-20(26)12-14-24-21(27)18-8-10-19(22)11-9-18/h2-4,6-11H,5,12-16H2,1H3,(H,23,26)(H,24,27). The zero-order chi connectivity index (χ0) is 19.5. The van der Waals surface area contributed by atoms with Crippen molar-refractivity contribution < 1.29 is 9.59 Å². The molecule has 6 heteroatoms. The lowest BCUT2D eigenvalue weighted by Crippen LogP contribution is -2.32. The maximum Gasteiger partial charge on any atom is 0.251 e. The van der Waals surface area contributed by atoms with E-state index in [1.165, 1.54) is 5.56 Å². The molecule has 0 aliphatic carbocycles. The number of benzene rings is 2.